The van der Waals surface area contributed by atoms with Gasteiger partial charge in [-0.1, -0.05) is 29.8 Å². The molecule has 2 heterocycles. The van der Waals surface area contributed by atoms with Gasteiger partial charge in [-0.3, -0.25) is 0 Å². The summed E-state index contributed by atoms with van der Waals surface area (Å²) in [6.07, 6.45) is 2.62. The van der Waals surface area contributed by atoms with Crippen molar-refractivity contribution < 1.29 is 28.6 Å². The normalized spacial score (nSPS) is 27.8. The summed E-state index contributed by atoms with van der Waals surface area (Å²) in [5.74, 6) is -2.80. The maximum atomic E-state index is 14.3. The molecule has 2 aliphatic heterocycles. The van der Waals surface area contributed by atoms with Crippen LogP contribution in [0.2, 0.25) is 5.02 Å². The van der Waals surface area contributed by atoms with E-state index in [0.29, 0.717) is 29.0 Å². The minimum absolute atomic E-state index is 0.167. The molecule has 2 atom stereocenters. The Balaban J connectivity index is 1.84. The maximum absolute atomic E-state index is 14.3. The van der Waals surface area contributed by atoms with Gasteiger partial charge in [-0.15, -0.1) is 0 Å². The predicted octanol–water partition coefficient (Wildman–Crippen LogP) is 3.54. The van der Waals surface area contributed by atoms with E-state index < -0.39 is 40.9 Å². The van der Waals surface area contributed by atoms with E-state index in [2.05, 4.69) is 0 Å². The number of likely N-dealkylation sites (N-methyl/N-ethyl adjacent to an activating group) is 1. The van der Waals surface area contributed by atoms with Gasteiger partial charge in [0.05, 0.1) is 5.41 Å². The number of esters is 2. The van der Waals surface area contributed by atoms with E-state index in [9.17, 15) is 19.1 Å². The number of carbonyl (C=O) groups is 2. The number of rotatable bonds is 2. The van der Waals surface area contributed by atoms with Crippen molar-refractivity contribution >= 4 is 23.5 Å². The highest BCUT2D eigenvalue weighted by molar-refractivity contribution is 6.31. The van der Waals surface area contributed by atoms with Crippen molar-refractivity contribution in [1.82, 2.24) is 4.90 Å². The highest BCUT2D eigenvalue weighted by Crippen LogP contribution is 2.65. The third-order valence-electron chi connectivity index (χ3n) is 6.51. The number of fused-ring (bicyclic) bond motifs is 4. The molecule has 31 heavy (non-hydrogen) atoms. The minimum Gasteiger partial charge on any atom is -0.505 e. The minimum atomic E-state index is -1.48. The summed E-state index contributed by atoms with van der Waals surface area (Å²) in [5, 5.41) is 10.7. The zero-order chi connectivity index (χ0) is 22.0. The summed E-state index contributed by atoms with van der Waals surface area (Å²) in [6, 6.07) is 9.78. The van der Waals surface area contributed by atoms with Gasteiger partial charge in [0.25, 0.3) is 0 Å². The van der Waals surface area contributed by atoms with Gasteiger partial charge in [-0.2, -0.15) is 0 Å². The number of ether oxygens (including phenoxy) is 2. The smallest absolute Gasteiger partial charge is 0.333 e. The fourth-order valence-electron chi connectivity index (χ4n) is 5.00. The highest BCUT2D eigenvalue weighted by atomic mass is 35.5. The second-order valence-electron chi connectivity index (χ2n) is 8.13. The van der Waals surface area contributed by atoms with Gasteiger partial charge in [0.15, 0.2) is 17.8 Å². The highest BCUT2D eigenvalue weighted by Gasteiger charge is 2.69. The molecule has 0 spiro atoms. The Morgan fingerprint density at radius 2 is 1.84 bits per heavy atom. The molecule has 160 valence electrons. The number of hydrogen-bond donors (Lipinski definition) is 1. The number of carbonyl (C=O) groups excluding carboxylic acids is 2. The van der Waals surface area contributed by atoms with Crippen LogP contribution < -0.4 is 0 Å². The number of aromatic hydroxyl groups is 1. The molecule has 0 aromatic heterocycles. The molecular formula is C23H19ClFNO5. The molecule has 1 N–H and O–H groups in total. The molecule has 5 rings (SSSR count). The lowest BCUT2D eigenvalue weighted by Crippen LogP contribution is -2.62. The van der Waals surface area contributed by atoms with E-state index in [1.165, 1.54) is 12.1 Å². The third-order valence-corrected chi connectivity index (χ3v) is 6.83. The van der Waals surface area contributed by atoms with E-state index in [-0.39, 0.29) is 6.42 Å². The van der Waals surface area contributed by atoms with Crippen LogP contribution in [0.5, 0.6) is 5.75 Å². The largest absolute Gasteiger partial charge is 0.505 e. The molecule has 1 saturated carbocycles. The van der Waals surface area contributed by atoms with Gasteiger partial charge < -0.3 is 14.6 Å². The van der Waals surface area contributed by atoms with Crippen LogP contribution in [-0.4, -0.2) is 35.2 Å². The zero-order valence-electron chi connectivity index (χ0n) is 16.6. The lowest BCUT2D eigenvalue weighted by atomic mass is 9.74. The molecule has 3 aliphatic rings. The van der Waals surface area contributed by atoms with E-state index in [1.54, 1.807) is 18.0 Å². The van der Waals surface area contributed by atoms with Crippen molar-refractivity contribution in [1.29, 1.82) is 0 Å². The summed E-state index contributed by atoms with van der Waals surface area (Å²) < 4.78 is 26.0. The summed E-state index contributed by atoms with van der Waals surface area (Å²) in [7, 11) is 1.69. The van der Waals surface area contributed by atoms with Crippen LogP contribution in [0.15, 0.2) is 48.6 Å². The average molecular weight is 444 g/mol. The number of benzene rings is 2. The Labute approximate surface area is 182 Å². The lowest BCUT2D eigenvalue weighted by molar-refractivity contribution is -0.230. The maximum Gasteiger partial charge on any atom is 0.333 e. The number of hydrogen-bond acceptors (Lipinski definition) is 6. The van der Waals surface area contributed by atoms with Crippen LogP contribution in [0.4, 0.5) is 4.39 Å². The first-order chi connectivity index (χ1) is 14.8. The molecule has 2 unspecified atom stereocenters. The van der Waals surface area contributed by atoms with Crippen molar-refractivity contribution in [2.75, 3.05) is 7.05 Å². The first kappa shape index (κ1) is 20.0. The van der Waals surface area contributed by atoms with Crippen LogP contribution >= 0.6 is 11.6 Å². The van der Waals surface area contributed by atoms with E-state index in [4.69, 9.17) is 21.1 Å². The quantitative estimate of drug-likeness (QED) is 0.715. The van der Waals surface area contributed by atoms with Crippen molar-refractivity contribution in [3.63, 3.8) is 0 Å². The Kier molecular flexibility index (Phi) is 4.39. The molecule has 8 heteroatoms. The van der Waals surface area contributed by atoms with Crippen LogP contribution in [0.25, 0.3) is 0 Å². The van der Waals surface area contributed by atoms with Gasteiger partial charge in [0.2, 0.25) is 5.72 Å². The molecule has 6 nitrogen and oxygen atoms in total. The summed E-state index contributed by atoms with van der Waals surface area (Å²) in [5.41, 5.74) is -0.561. The molecule has 1 aliphatic carbocycles. The van der Waals surface area contributed by atoms with Crippen LogP contribution in [0.3, 0.4) is 0 Å². The number of phenolic OH excluding ortho intramolecular Hbond substituents is 1. The molecule has 0 radical (unpaired) electrons. The monoisotopic (exact) mass is 443 g/mol. The number of phenols is 1. The van der Waals surface area contributed by atoms with Crippen molar-refractivity contribution in [2.24, 2.45) is 0 Å². The van der Waals surface area contributed by atoms with E-state index >= 15 is 0 Å². The summed E-state index contributed by atoms with van der Waals surface area (Å²) in [6.45, 7) is 0. The average Bonchev–Trinajstić information content (AvgIpc) is 3.53. The number of halogens is 2. The molecule has 2 bridgehead atoms. The molecule has 2 aromatic rings. The Morgan fingerprint density at radius 1 is 1.13 bits per heavy atom. The zero-order valence-corrected chi connectivity index (χ0v) is 17.4. The SMILES string of the molecule is CN1C2Cc3cc(F)c(O)cc3C1(C1(c3ccccc3Cl)CC1)OC(=O)/C=C\C(=O)O2. The first-order valence-corrected chi connectivity index (χ1v) is 10.3. The van der Waals surface area contributed by atoms with Crippen LogP contribution in [0, 0.1) is 5.82 Å². The molecule has 2 aromatic carbocycles. The summed E-state index contributed by atoms with van der Waals surface area (Å²) in [4.78, 5) is 26.7. The second-order valence-corrected chi connectivity index (χ2v) is 8.53. The van der Waals surface area contributed by atoms with Gasteiger partial charge >= 0.3 is 11.9 Å². The van der Waals surface area contributed by atoms with Gasteiger partial charge in [-0.05, 0) is 49.2 Å². The second kappa shape index (κ2) is 6.80. The van der Waals surface area contributed by atoms with Crippen molar-refractivity contribution in [2.45, 2.75) is 36.6 Å². The van der Waals surface area contributed by atoms with Crippen molar-refractivity contribution in [3.05, 3.63) is 76.1 Å². The standard InChI is InChI=1S/C23H19ClFNO5/c1-26-19-11-13-10-17(25)18(27)12-15(13)23(26,31-21(29)7-6-20(28)30-19)22(8-9-22)14-4-2-3-5-16(14)24/h2-7,10,12,19,27H,8-9,11H2,1H3/b7-6-. The predicted molar refractivity (Wildman–Crippen MR) is 109 cm³/mol. The van der Waals surface area contributed by atoms with Gasteiger partial charge in [0.1, 0.15) is 0 Å². The Morgan fingerprint density at radius 3 is 2.55 bits per heavy atom. The Hall–Kier alpha value is -2.90. The fourth-order valence-corrected chi connectivity index (χ4v) is 5.32. The lowest BCUT2D eigenvalue weighted by Gasteiger charge is -2.52. The van der Waals surface area contributed by atoms with Gasteiger partial charge in [0, 0.05) is 29.2 Å². The Bertz CT molecular complexity index is 1140. The molecule has 0 amide bonds. The molecule has 1 fully saturated rings. The van der Waals surface area contributed by atoms with E-state index in [1.807, 2.05) is 18.2 Å². The van der Waals surface area contributed by atoms with Crippen molar-refractivity contribution in [3.8, 4) is 5.75 Å². The first-order valence-electron chi connectivity index (χ1n) is 9.90. The topological polar surface area (TPSA) is 76.1 Å². The number of nitrogens with zero attached hydrogens (tertiary/aromatic N) is 1. The van der Waals surface area contributed by atoms with E-state index in [0.717, 1.165) is 17.7 Å². The van der Waals surface area contributed by atoms with Gasteiger partial charge in [-0.25, -0.2) is 18.9 Å². The molecule has 0 saturated heterocycles. The van der Waals surface area contributed by atoms with Crippen LogP contribution in [0.1, 0.15) is 29.5 Å². The summed E-state index contributed by atoms with van der Waals surface area (Å²) >= 11 is 6.57. The third kappa shape index (κ3) is 2.80. The molecular weight excluding hydrogens is 425 g/mol. The fraction of sp³-hybridized carbons (Fsp3) is 0.304. The van der Waals surface area contributed by atoms with Crippen LogP contribution in [-0.2, 0) is 36.6 Å².